The van der Waals surface area contributed by atoms with Gasteiger partial charge in [0.25, 0.3) is 0 Å². The summed E-state index contributed by atoms with van der Waals surface area (Å²) in [7, 11) is 0. The van der Waals surface area contributed by atoms with Gasteiger partial charge in [0.2, 0.25) is 0 Å². The molecular weight excluding hydrogens is 248 g/mol. The van der Waals surface area contributed by atoms with Crippen molar-refractivity contribution in [3.8, 4) is 0 Å². The maximum Gasteiger partial charge on any atom is 0.162 e. The lowest BCUT2D eigenvalue weighted by molar-refractivity contribution is -0.0768. The molecule has 0 saturated heterocycles. The van der Waals surface area contributed by atoms with Crippen LogP contribution in [0.5, 0.6) is 0 Å². The van der Waals surface area contributed by atoms with Crippen LogP contribution in [0.25, 0.3) is 0 Å². The predicted octanol–water partition coefficient (Wildman–Crippen LogP) is 3.94. The van der Waals surface area contributed by atoms with E-state index in [2.05, 4.69) is 9.97 Å². The Morgan fingerprint density at radius 2 is 1.83 bits per heavy atom. The maximum atomic E-state index is 6.19. The van der Waals surface area contributed by atoms with Crippen molar-refractivity contribution in [2.45, 2.75) is 58.5 Å². The number of nitrogens with zero attached hydrogens (tertiary/aromatic N) is 2. The van der Waals surface area contributed by atoms with Gasteiger partial charge in [-0.3, -0.25) is 0 Å². The van der Waals surface area contributed by atoms with E-state index in [-0.39, 0.29) is 5.60 Å². The monoisotopic (exact) mass is 268 g/mol. The summed E-state index contributed by atoms with van der Waals surface area (Å²) in [5.41, 5.74) is 1.60. The average molecular weight is 269 g/mol. The van der Waals surface area contributed by atoms with E-state index in [0.717, 1.165) is 29.9 Å². The third kappa shape index (κ3) is 2.52. The summed E-state index contributed by atoms with van der Waals surface area (Å²) in [6.45, 7) is 6.65. The molecule has 1 aliphatic carbocycles. The molecule has 0 radical (unpaired) electrons. The van der Waals surface area contributed by atoms with Crippen LogP contribution in [0.2, 0.25) is 5.15 Å². The summed E-state index contributed by atoms with van der Waals surface area (Å²) in [5.74, 6) is 0.775. The minimum atomic E-state index is -0.310. The quantitative estimate of drug-likeness (QED) is 0.779. The molecule has 1 saturated carbocycles. The van der Waals surface area contributed by atoms with Gasteiger partial charge in [-0.1, -0.05) is 30.9 Å². The fourth-order valence-corrected chi connectivity index (χ4v) is 2.85. The molecule has 0 unspecified atom stereocenters. The number of aryl methyl sites for hydroxylation is 1. The zero-order valence-corrected chi connectivity index (χ0v) is 12.2. The first-order valence-corrected chi connectivity index (χ1v) is 7.12. The first kappa shape index (κ1) is 13.8. The molecule has 18 heavy (non-hydrogen) atoms. The lowest BCUT2D eigenvalue weighted by Gasteiger charge is -2.35. The lowest BCUT2D eigenvalue weighted by Crippen LogP contribution is -2.35. The van der Waals surface area contributed by atoms with Gasteiger partial charge in [0.05, 0.1) is 0 Å². The molecular formula is C14H21ClN2O. The van der Waals surface area contributed by atoms with Crippen molar-refractivity contribution < 1.29 is 4.74 Å². The molecule has 0 N–H and O–H groups in total. The van der Waals surface area contributed by atoms with Gasteiger partial charge in [-0.15, -0.1) is 0 Å². The van der Waals surface area contributed by atoms with Crippen LogP contribution in [0.4, 0.5) is 0 Å². The molecule has 1 fully saturated rings. The Bertz CT molecular complexity index is 399. The molecule has 0 aliphatic heterocycles. The molecule has 0 amide bonds. The Balaban J connectivity index is 2.42. The molecule has 2 rings (SSSR count). The fraction of sp³-hybridized carbons (Fsp3) is 0.714. The number of halogens is 1. The zero-order chi connectivity index (χ0) is 13.2. The van der Waals surface area contributed by atoms with Gasteiger partial charge in [-0.05, 0) is 33.6 Å². The molecule has 3 nitrogen and oxygen atoms in total. The Kier molecular flexibility index (Phi) is 4.23. The van der Waals surface area contributed by atoms with Crippen LogP contribution in [-0.2, 0) is 10.3 Å². The van der Waals surface area contributed by atoms with Gasteiger partial charge in [-0.2, -0.15) is 0 Å². The summed E-state index contributed by atoms with van der Waals surface area (Å²) in [4.78, 5) is 9.10. The summed E-state index contributed by atoms with van der Waals surface area (Å²) in [6, 6.07) is 0. The number of aromatic nitrogens is 2. The number of hydrogen-bond donors (Lipinski definition) is 0. The van der Waals surface area contributed by atoms with Crippen LogP contribution in [0.15, 0.2) is 0 Å². The van der Waals surface area contributed by atoms with Crippen molar-refractivity contribution in [1.82, 2.24) is 9.97 Å². The highest BCUT2D eigenvalue weighted by Crippen LogP contribution is 2.39. The number of rotatable bonds is 3. The smallest absolute Gasteiger partial charge is 0.162 e. The third-order valence-corrected chi connectivity index (χ3v) is 4.19. The van der Waals surface area contributed by atoms with E-state index in [1.165, 1.54) is 19.3 Å². The van der Waals surface area contributed by atoms with Crippen molar-refractivity contribution in [1.29, 1.82) is 0 Å². The maximum absolute atomic E-state index is 6.19. The Labute approximate surface area is 114 Å². The van der Waals surface area contributed by atoms with Gasteiger partial charge in [0.15, 0.2) is 5.82 Å². The summed E-state index contributed by atoms with van der Waals surface area (Å²) in [6.07, 6.45) is 5.62. The average Bonchev–Trinajstić information content (AvgIpc) is 2.37. The molecule has 1 aromatic rings. The van der Waals surface area contributed by atoms with Crippen LogP contribution in [0, 0.1) is 13.8 Å². The second-order valence-electron chi connectivity index (χ2n) is 5.04. The second kappa shape index (κ2) is 5.54. The van der Waals surface area contributed by atoms with E-state index in [9.17, 15) is 0 Å². The first-order valence-electron chi connectivity index (χ1n) is 6.74. The molecule has 0 bridgehead atoms. The van der Waals surface area contributed by atoms with Crippen molar-refractivity contribution >= 4 is 11.6 Å². The van der Waals surface area contributed by atoms with E-state index in [1.54, 1.807) is 0 Å². The summed E-state index contributed by atoms with van der Waals surface area (Å²) in [5, 5.41) is 0.558. The summed E-state index contributed by atoms with van der Waals surface area (Å²) < 4.78 is 6.02. The minimum Gasteiger partial charge on any atom is -0.367 e. The Morgan fingerprint density at radius 1 is 1.17 bits per heavy atom. The van der Waals surface area contributed by atoms with Crippen molar-refractivity contribution in [3.63, 3.8) is 0 Å². The minimum absolute atomic E-state index is 0.310. The Morgan fingerprint density at radius 3 is 2.39 bits per heavy atom. The lowest BCUT2D eigenvalue weighted by atomic mass is 9.83. The van der Waals surface area contributed by atoms with Crippen LogP contribution < -0.4 is 0 Å². The van der Waals surface area contributed by atoms with Gasteiger partial charge in [0.1, 0.15) is 10.8 Å². The van der Waals surface area contributed by atoms with Gasteiger partial charge in [0, 0.05) is 17.9 Å². The number of hydrogen-bond acceptors (Lipinski definition) is 3. The van der Waals surface area contributed by atoms with E-state index in [4.69, 9.17) is 16.3 Å². The van der Waals surface area contributed by atoms with E-state index in [0.29, 0.717) is 11.8 Å². The van der Waals surface area contributed by atoms with Crippen LogP contribution in [0.1, 0.15) is 56.1 Å². The molecule has 1 aromatic heterocycles. The standard InChI is InChI=1S/C14H21ClN2O/c1-4-18-14(8-6-5-7-9-14)13-16-11(3)10(2)12(15)17-13/h4-9H2,1-3H3. The third-order valence-electron chi connectivity index (χ3n) is 3.82. The second-order valence-corrected chi connectivity index (χ2v) is 5.39. The van der Waals surface area contributed by atoms with Crippen molar-refractivity contribution in [2.24, 2.45) is 0 Å². The molecule has 0 aromatic carbocycles. The normalized spacial score (nSPS) is 18.9. The molecule has 4 heteroatoms. The molecule has 0 atom stereocenters. The molecule has 1 aliphatic rings. The van der Waals surface area contributed by atoms with Gasteiger partial charge < -0.3 is 4.74 Å². The predicted molar refractivity (Wildman–Crippen MR) is 72.9 cm³/mol. The SMILES string of the molecule is CCOC1(c2nc(C)c(C)c(Cl)n2)CCCCC1. The molecule has 1 heterocycles. The van der Waals surface area contributed by atoms with Crippen LogP contribution >= 0.6 is 11.6 Å². The number of ether oxygens (including phenoxy) is 1. The highest BCUT2D eigenvalue weighted by molar-refractivity contribution is 6.30. The Hall–Kier alpha value is -0.670. The van der Waals surface area contributed by atoms with Crippen LogP contribution in [-0.4, -0.2) is 16.6 Å². The molecule has 100 valence electrons. The van der Waals surface area contributed by atoms with Gasteiger partial charge in [-0.25, -0.2) is 9.97 Å². The zero-order valence-electron chi connectivity index (χ0n) is 11.4. The molecule has 0 spiro atoms. The largest absolute Gasteiger partial charge is 0.367 e. The van der Waals surface area contributed by atoms with Crippen molar-refractivity contribution in [2.75, 3.05) is 6.61 Å². The fourth-order valence-electron chi connectivity index (χ4n) is 2.63. The van der Waals surface area contributed by atoms with Crippen LogP contribution in [0.3, 0.4) is 0 Å². The van der Waals surface area contributed by atoms with Crippen molar-refractivity contribution in [3.05, 3.63) is 22.2 Å². The van der Waals surface area contributed by atoms with E-state index in [1.807, 2.05) is 20.8 Å². The van der Waals surface area contributed by atoms with E-state index >= 15 is 0 Å². The first-order chi connectivity index (χ1) is 8.59. The highest BCUT2D eigenvalue weighted by atomic mass is 35.5. The van der Waals surface area contributed by atoms with Gasteiger partial charge >= 0.3 is 0 Å². The topological polar surface area (TPSA) is 35.0 Å². The van der Waals surface area contributed by atoms with E-state index < -0.39 is 0 Å². The highest BCUT2D eigenvalue weighted by Gasteiger charge is 2.38. The summed E-state index contributed by atoms with van der Waals surface area (Å²) >= 11 is 6.19.